The molecule has 2 aromatic rings. The molecule has 0 aliphatic rings. The van der Waals surface area contributed by atoms with Gasteiger partial charge in [-0.25, -0.2) is 4.98 Å². The molecule has 0 bridgehead atoms. The second kappa shape index (κ2) is 9.21. The molecule has 134 valence electrons. The molecule has 0 unspecified atom stereocenters. The second-order valence-electron chi connectivity index (χ2n) is 7.27. The van der Waals surface area contributed by atoms with Crippen LogP contribution in [0.4, 0.5) is 11.8 Å². The van der Waals surface area contributed by atoms with E-state index in [1.165, 1.54) is 0 Å². The highest BCUT2D eigenvalue weighted by molar-refractivity contribution is 5.69. The normalized spacial score (nSPS) is 11.5. The summed E-state index contributed by atoms with van der Waals surface area (Å²) in [5.74, 6) is 2.76. The molecule has 0 saturated heterocycles. The molecule has 0 amide bonds. The number of benzene rings is 1. The molecule has 1 heterocycles. The van der Waals surface area contributed by atoms with Gasteiger partial charge in [0.05, 0.1) is 5.69 Å². The number of hydrogen-bond donors (Lipinski definition) is 1. The van der Waals surface area contributed by atoms with E-state index in [1.807, 2.05) is 30.3 Å². The summed E-state index contributed by atoms with van der Waals surface area (Å²) in [5, 5.41) is 3.35. The number of nitrogens with zero attached hydrogens (tertiary/aromatic N) is 3. The lowest BCUT2D eigenvalue weighted by Gasteiger charge is -2.21. The molecule has 1 aromatic heterocycles. The van der Waals surface area contributed by atoms with Gasteiger partial charge in [-0.2, -0.15) is 4.98 Å². The Bertz CT molecular complexity index is 678. The van der Waals surface area contributed by atoms with Crippen LogP contribution >= 0.6 is 0 Å². The van der Waals surface area contributed by atoms with Crippen molar-refractivity contribution >= 4 is 23.9 Å². The molecular weight excluding hydrogens is 308 g/mol. The van der Waals surface area contributed by atoms with Crippen LogP contribution in [0.15, 0.2) is 36.4 Å². The lowest BCUT2D eigenvalue weighted by molar-refractivity contribution is 0.634. The third-order valence-corrected chi connectivity index (χ3v) is 3.68. The number of anilines is 2. The van der Waals surface area contributed by atoms with Crippen molar-refractivity contribution in [1.82, 2.24) is 9.97 Å². The molecule has 0 aliphatic heterocycles. The van der Waals surface area contributed by atoms with Crippen molar-refractivity contribution < 1.29 is 0 Å². The Morgan fingerprint density at radius 2 is 1.72 bits per heavy atom. The Morgan fingerprint density at radius 1 is 1.00 bits per heavy atom. The van der Waals surface area contributed by atoms with E-state index >= 15 is 0 Å². The Morgan fingerprint density at radius 3 is 2.36 bits per heavy atom. The number of aromatic nitrogens is 2. The zero-order valence-electron chi connectivity index (χ0n) is 16.0. The average molecular weight is 338 g/mol. The molecule has 0 saturated carbocycles. The van der Waals surface area contributed by atoms with Crippen LogP contribution in [0.2, 0.25) is 0 Å². The summed E-state index contributed by atoms with van der Waals surface area (Å²) < 4.78 is 0. The lowest BCUT2D eigenvalue weighted by atomic mass is 10.2. The van der Waals surface area contributed by atoms with Gasteiger partial charge in [0.2, 0.25) is 5.95 Å². The van der Waals surface area contributed by atoms with Gasteiger partial charge in [-0.05, 0) is 23.5 Å². The summed E-state index contributed by atoms with van der Waals surface area (Å²) in [7, 11) is 2.08. The SMILES string of the molecule is CC(C)CNc1nc(/C=C/c2ccccc2)cc(N(C)CC(C)C)n1. The quantitative estimate of drug-likeness (QED) is 0.750. The van der Waals surface area contributed by atoms with Crippen molar-refractivity contribution in [2.75, 3.05) is 30.4 Å². The first-order valence-corrected chi connectivity index (χ1v) is 9.01. The highest BCUT2D eigenvalue weighted by atomic mass is 15.2. The molecular formula is C21H30N4. The molecule has 4 heteroatoms. The first kappa shape index (κ1) is 19.0. The van der Waals surface area contributed by atoms with Crippen LogP contribution in [0.3, 0.4) is 0 Å². The van der Waals surface area contributed by atoms with Crippen molar-refractivity contribution in [3.63, 3.8) is 0 Å². The Balaban J connectivity index is 2.26. The minimum Gasteiger partial charge on any atom is -0.359 e. The Kier molecular flexibility index (Phi) is 6.99. The van der Waals surface area contributed by atoms with Crippen LogP contribution in [0.5, 0.6) is 0 Å². The van der Waals surface area contributed by atoms with Crippen LogP contribution in [-0.2, 0) is 0 Å². The van der Waals surface area contributed by atoms with E-state index in [0.29, 0.717) is 17.8 Å². The number of hydrogen-bond acceptors (Lipinski definition) is 4. The first-order chi connectivity index (χ1) is 11.9. The molecule has 1 aromatic carbocycles. The van der Waals surface area contributed by atoms with Crippen LogP contribution in [0, 0.1) is 11.8 Å². The molecule has 1 N–H and O–H groups in total. The van der Waals surface area contributed by atoms with Gasteiger partial charge in [0, 0.05) is 26.2 Å². The fourth-order valence-electron chi connectivity index (χ4n) is 2.50. The van der Waals surface area contributed by atoms with Gasteiger partial charge in [0.15, 0.2) is 0 Å². The van der Waals surface area contributed by atoms with Crippen LogP contribution in [-0.4, -0.2) is 30.1 Å². The maximum absolute atomic E-state index is 4.68. The third-order valence-electron chi connectivity index (χ3n) is 3.68. The van der Waals surface area contributed by atoms with E-state index in [2.05, 4.69) is 73.1 Å². The standard InChI is InChI=1S/C21H30N4/c1-16(2)14-22-21-23-19(12-11-18-9-7-6-8-10-18)13-20(24-21)25(5)15-17(3)4/h6-13,16-17H,14-15H2,1-5H3,(H,22,23,24)/b12-11+. The zero-order chi connectivity index (χ0) is 18.2. The summed E-state index contributed by atoms with van der Waals surface area (Å²) in [5.41, 5.74) is 2.07. The zero-order valence-corrected chi connectivity index (χ0v) is 16.0. The number of rotatable bonds is 8. The van der Waals surface area contributed by atoms with E-state index < -0.39 is 0 Å². The van der Waals surface area contributed by atoms with Gasteiger partial charge in [0.1, 0.15) is 5.82 Å². The molecule has 0 aliphatic carbocycles. The van der Waals surface area contributed by atoms with Gasteiger partial charge >= 0.3 is 0 Å². The molecule has 0 atom stereocenters. The van der Waals surface area contributed by atoms with E-state index in [4.69, 9.17) is 0 Å². The van der Waals surface area contributed by atoms with E-state index in [1.54, 1.807) is 0 Å². The third kappa shape index (κ3) is 6.57. The average Bonchev–Trinajstić information content (AvgIpc) is 2.58. The van der Waals surface area contributed by atoms with Crippen molar-refractivity contribution in [1.29, 1.82) is 0 Å². The summed E-state index contributed by atoms with van der Waals surface area (Å²) in [6, 6.07) is 12.3. The molecule has 2 rings (SSSR count). The molecule has 0 radical (unpaired) electrons. The maximum Gasteiger partial charge on any atom is 0.225 e. The monoisotopic (exact) mass is 338 g/mol. The van der Waals surface area contributed by atoms with Crippen LogP contribution in [0.25, 0.3) is 12.2 Å². The fourth-order valence-corrected chi connectivity index (χ4v) is 2.50. The van der Waals surface area contributed by atoms with E-state index in [0.717, 1.165) is 30.2 Å². The highest BCUT2D eigenvalue weighted by Crippen LogP contribution is 2.17. The topological polar surface area (TPSA) is 41.1 Å². The minimum absolute atomic E-state index is 0.545. The minimum atomic E-state index is 0.545. The largest absolute Gasteiger partial charge is 0.359 e. The van der Waals surface area contributed by atoms with Gasteiger partial charge in [-0.3, -0.25) is 0 Å². The predicted octanol–water partition coefficient (Wildman–Crippen LogP) is 4.81. The van der Waals surface area contributed by atoms with Crippen molar-refractivity contribution in [2.24, 2.45) is 11.8 Å². The number of nitrogens with one attached hydrogen (secondary N) is 1. The van der Waals surface area contributed by atoms with Gasteiger partial charge in [-0.15, -0.1) is 0 Å². The van der Waals surface area contributed by atoms with Crippen molar-refractivity contribution in [3.05, 3.63) is 47.7 Å². The molecule has 0 spiro atoms. The van der Waals surface area contributed by atoms with Crippen molar-refractivity contribution in [2.45, 2.75) is 27.7 Å². The van der Waals surface area contributed by atoms with Crippen LogP contribution in [0.1, 0.15) is 39.0 Å². The molecule has 25 heavy (non-hydrogen) atoms. The van der Waals surface area contributed by atoms with Crippen molar-refractivity contribution in [3.8, 4) is 0 Å². The highest BCUT2D eigenvalue weighted by Gasteiger charge is 2.09. The molecule has 4 nitrogen and oxygen atoms in total. The summed E-state index contributed by atoms with van der Waals surface area (Å²) in [6.07, 6.45) is 4.13. The lowest BCUT2D eigenvalue weighted by Crippen LogP contribution is -2.24. The maximum atomic E-state index is 4.68. The van der Waals surface area contributed by atoms with E-state index in [9.17, 15) is 0 Å². The van der Waals surface area contributed by atoms with Gasteiger partial charge < -0.3 is 10.2 Å². The summed E-state index contributed by atoms with van der Waals surface area (Å²) in [4.78, 5) is 11.5. The second-order valence-corrected chi connectivity index (χ2v) is 7.27. The summed E-state index contributed by atoms with van der Waals surface area (Å²) in [6.45, 7) is 10.6. The molecule has 0 fully saturated rings. The van der Waals surface area contributed by atoms with Gasteiger partial charge in [0.25, 0.3) is 0 Å². The van der Waals surface area contributed by atoms with E-state index in [-0.39, 0.29) is 0 Å². The Hall–Kier alpha value is -2.36. The fraction of sp³-hybridized carbons (Fsp3) is 0.429. The smallest absolute Gasteiger partial charge is 0.225 e. The van der Waals surface area contributed by atoms with Crippen LogP contribution < -0.4 is 10.2 Å². The predicted molar refractivity (Wildman–Crippen MR) is 109 cm³/mol. The van der Waals surface area contributed by atoms with Gasteiger partial charge in [-0.1, -0.05) is 64.1 Å². The summed E-state index contributed by atoms with van der Waals surface area (Å²) >= 11 is 0. The first-order valence-electron chi connectivity index (χ1n) is 9.01. The Labute approximate surface area is 152 Å².